The highest BCUT2D eigenvalue weighted by atomic mass is 32.1. The number of alkyl halides is 1. The van der Waals surface area contributed by atoms with Crippen LogP contribution in [0.25, 0.3) is 61.0 Å². The smallest absolute Gasteiger partial charge is 0.255 e. The Kier molecular flexibility index (Phi) is 6.88. The maximum Gasteiger partial charge on any atom is 0.255 e. The summed E-state index contributed by atoms with van der Waals surface area (Å²) in [6.07, 6.45) is 0.834. The molecular weight excluding hydrogens is 620 g/mol. The predicted octanol–water partition coefficient (Wildman–Crippen LogP) is 6.75. The number of nitrogens with one attached hydrogen (secondary N) is 1. The van der Waals surface area contributed by atoms with Gasteiger partial charge in [0.05, 0.1) is 40.0 Å². The number of anilines is 1. The molecule has 1 amide bonds. The van der Waals surface area contributed by atoms with Gasteiger partial charge in [0, 0.05) is 67.0 Å². The number of carbonyl (C=O) groups is 1. The van der Waals surface area contributed by atoms with Gasteiger partial charge in [0.2, 0.25) is 0 Å². The molecule has 0 radical (unpaired) electrons. The van der Waals surface area contributed by atoms with Crippen molar-refractivity contribution < 1.29 is 18.0 Å². The number of nitrogens with zero attached hydrogens (tertiary/aromatic N) is 6. The van der Waals surface area contributed by atoms with E-state index in [9.17, 15) is 9.18 Å². The van der Waals surface area contributed by atoms with Gasteiger partial charge in [-0.25, -0.2) is 18.7 Å². The lowest BCUT2D eigenvalue weighted by Crippen LogP contribution is -2.47. The van der Waals surface area contributed by atoms with Gasteiger partial charge in [-0.15, -0.1) is 0 Å². The number of benzene rings is 2. The van der Waals surface area contributed by atoms with Crippen molar-refractivity contribution in [3.8, 4) is 22.6 Å². The van der Waals surface area contributed by atoms with E-state index < -0.39 is 6.17 Å². The van der Waals surface area contributed by atoms with E-state index in [0.717, 1.165) is 5.69 Å². The third-order valence-electron chi connectivity index (χ3n) is 8.75. The summed E-state index contributed by atoms with van der Waals surface area (Å²) in [6.45, 7) is 2.98. The summed E-state index contributed by atoms with van der Waals surface area (Å²) >= 11 is 4.63. The molecule has 9 nitrogen and oxygen atoms in total. The Morgan fingerprint density at radius 2 is 1.91 bits per heavy atom. The highest BCUT2D eigenvalue weighted by Gasteiger charge is 2.28. The molecule has 12 heteroatoms. The fourth-order valence-corrected chi connectivity index (χ4v) is 6.58. The van der Waals surface area contributed by atoms with Crippen LogP contribution in [-0.4, -0.2) is 63.5 Å². The van der Waals surface area contributed by atoms with Gasteiger partial charge in [0.15, 0.2) is 0 Å². The van der Waals surface area contributed by atoms with Gasteiger partial charge in [0.1, 0.15) is 34.7 Å². The standard InChI is InChI=1S/C35H29F2N7O2S/c1-18-7-8-19(14-39-18)34-32(35(45)38-2)23-11-22(28(42(3)47)13-30(23)46-34)25-9-10-26-33(41-25)29-12-21-24(37)5-4-6-27(21)44(29)31(40-26)17-43-15-20(36)16-43/h4-14,20,47H,15-17H2,1-3H3,(H,38,45). The summed E-state index contributed by atoms with van der Waals surface area (Å²) in [4.78, 5) is 29.7. The number of aromatic nitrogens is 4. The average Bonchev–Trinajstić information content (AvgIpc) is 3.63. The lowest BCUT2D eigenvalue weighted by Gasteiger charge is -2.34. The Morgan fingerprint density at radius 1 is 1.09 bits per heavy atom. The Morgan fingerprint density at radius 3 is 2.64 bits per heavy atom. The maximum absolute atomic E-state index is 15.1. The summed E-state index contributed by atoms with van der Waals surface area (Å²) in [5.74, 6) is 0.439. The summed E-state index contributed by atoms with van der Waals surface area (Å²) in [5.41, 5.74) is 6.96. The average molecular weight is 650 g/mol. The highest BCUT2D eigenvalue weighted by molar-refractivity contribution is 7.81. The van der Waals surface area contributed by atoms with E-state index in [1.165, 1.54) is 6.07 Å². The molecule has 5 aromatic heterocycles. The molecule has 1 fully saturated rings. The normalized spacial score (nSPS) is 14.0. The zero-order chi connectivity index (χ0) is 32.6. The zero-order valence-corrected chi connectivity index (χ0v) is 26.6. The van der Waals surface area contributed by atoms with Crippen molar-refractivity contribution in [1.29, 1.82) is 0 Å². The molecule has 1 N–H and O–H groups in total. The monoisotopic (exact) mass is 649 g/mol. The number of amides is 1. The van der Waals surface area contributed by atoms with Crippen LogP contribution >= 0.6 is 12.8 Å². The molecular formula is C35H29F2N7O2S. The molecule has 47 heavy (non-hydrogen) atoms. The van der Waals surface area contributed by atoms with E-state index in [2.05, 4.69) is 23.1 Å². The summed E-state index contributed by atoms with van der Waals surface area (Å²) in [5, 5.41) is 3.79. The van der Waals surface area contributed by atoms with E-state index in [1.54, 1.807) is 36.7 Å². The van der Waals surface area contributed by atoms with Crippen molar-refractivity contribution in [1.82, 2.24) is 29.6 Å². The van der Waals surface area contributed by atoms with E-state index in [0.29, 0.717) is 97.7 Å². The number of furan rings is 1. The molecule has 0 unspecified atom stereocenters. The molecule has 2 aromatic carbocycles. The summed E-state index contributed by atoms with van der Waals surface area (Å²) < 4.78 is 38.7. The highest BCUT2D eigenvalue weighted by Crippen LogP contribution is 2.41. The third-order valence-corrected chi connectivity index (χ3v) is 8.97. The Balaban J connectivity index is 1.36. The van der Waals surface area contributed by atoms with Crippen LogP contribution in [0.15, 0.2) is 71.3 Å². The first-order valence-corrected chi connectivity index (χ1v) is 15.5. The van der Waals surface area contributed by atoms with Crippen LogP contribution < -0.4 is 9.62 Å². The molecule has 236 valence electrons. The second kappa shape index (κ2) is 11.0. The number of carbonyl (C=O) groups excluding carboxylic acids is 1. The van der Waals surface area contributed by atoms with Gasteiger partial charge in [-0.05, 0) is 55.5 Å². The molecule has 0 saturated carbocycles. The van der Waals surface area contributed by atoms with E-state index >= 15 is 4.39 Å². The number of aryl methyl sites for hydroxylation is 1. The number of likely N-dealkylation sites (tertiary alicyclic amines) is 1. The molecule has 0 spiro atoms. The van der Waals surface area contributed by atoms with Crippen LogP contribution in [0, 0.1) is 12.7 Å². The number of hydrogen-bond acceptors (Lipinski definition) is 8. The van der Waals surface area contributed by atoms with Crippen LogP contribution in [0.1, 0.15) is 21.9 Å². The van der Waals surface area contributed by atoms with Crippen LogP contribution in [0.2, 0.25) is 0 Å². The van der Waals surface area contributed by atoms with E-state index in [1.807, 2.05) is 58.7 Å². The number of fused-ring (bicyclic) bond motifs is 6. The largest absolute Gasteiger partial charge is 0.455 e. The van der Waals surface area contributed by atoms with E-state index in [4.69, 9.17) is 14.4 Å². The molecule has 8 rings (SSSR count). The number of rotatable bonds is 6. The molecule has 0 aliphatic carbocycles. The van der Waals surface area contributed by atoms with Gasteiger partial charge in [-0.1, -0.05) is 18.9 Å². The van der Waals surface area contributed by atoms with Crippen molar-refractivity contribution >= 4 is 62.8 Å². The third kappa shape index (κ3) is 4.78. The fourth-order valence-electron chi connectivity index (χ4n) is 6.42. The molecule has 0 bridgehead atoms. The van der Waals surface area contributed by atoms with Crippen molar-refractivity contribution in [3.05, 3.63) is 89.8 Å². The van der Waals surface area contributed by atoms with Gasteiger partial charge in [-0.3, -0.25) is 19.1 Å². The Bertz CT molecular complexity index is 2380. The first-order valence-electron chi connectivity index (χ1n) is 15.1. The fraction of sp³-hybridized carbons (Fsp3) is 0.200. The van der Waals surface area contributed by atoms with Crippen molar-refractivity contribution in [2.75, 3.05) is 31.5 Å². The number of thiol groups is 1. The number of halogens is 2. The lowest BCUT2D eigenvalue weighted by atomic mass is 10.0. The Labute approximate surface area is 273 Å². The summed E-state index contributed by atoms with van der Waals surface area (Å²) in [7, 11) is 3.38. The number of pyridine rings is 2. The minimum Gasteiger partial charge on any atom is -0.455 e. The molecule has 0 atom stereocenters. The van der Waals surface area contributed by atoms with Crippen molar-refractivity contribution in [3.63, 3.8) is 0 Å². The topological polar surface area (TPSA) is 91.8 Å². The van der Waals surface area contributed by atoms with Crippen molar-refractivity contribution in [2.24, 2.45) is 0 Å². The minimum atomic E-state index is -0.852. The lowest BCUT2D eigenvalue weighted by molar-refractivity contribution is 0.0567. The summed E-state index contributed by atoms with van der Waals surface area (Å²) in [6, 6.07) is 18.0. The SMILES string of the molecule is CNC(=O)c1c(-c2ccc(C)nc2)oc2cc(N(C)S)c(-c3ccc4nc(CN5CC(F)C5)n5c6cccc(F)c6cc5c4n3)cc12. The molecule has 1 aliphatic rings. The number of hydrogen-bond donors (Lipinski definition) is 2. The maximum atomic E-state index is 15.1. The van der Waals surface area contributed by atoms with Crippen LogP contribution in [-0.2, 0) is 6.54 Å². The predicted molar refractivity (Wildman–Crippen MR) is 182 cm³/mol. The van der Waals surface area contributed by atoms with Crippen molar-refractivity contribution in [2.45, 2.75) is 19.6 Å². The van der Waals surface area contributed by atoms with Crippen LogP contribution in [0.3, 0.4) is 0 Å². The quantitative estimate of drug-likeness (QED) is 0.193. The Hall–Kier alpha value is -5.07. The first-order chi connectivity index (χ1) is 22.7. The molecule has 1 aliphatic heterocycles. The van der Waals surface area contributed by atoms with Crippen LogP contribution in [0.4, 0.5) is 14.5 Å². The molecule has 1 saturated heterocycles. The zero-order valence-electron chi connectivity index (χ0n) is 25.8. The minimum absolute atomic E-state index is 0.301. The van der Waals surface area contributed by atoms with Crippen LogP contribution in [0.5, 0.6) is 0 Å². The second-order valence-corrected chi connectivity index (χ2v) is 12.5. The van der Waals surface area contributed by atoms with E-state index in [-0.39, 0.29) is 11.7 Å². The van der Waals surface area contributed by atoms with Gasteiger partial charge < -0.3 is 14.0 Å². The van der Waals surface area contributed by atoms with Gasteiger partial charge >= 0.3 is 0 Å². The molecule has 7 aromatic rings. The van der Waals surface area contributed by atoms with Gasteiger partial charge in [0.25, 0.3) is 5.91 Å². The molecule has 6 heterocycles. The second-order valence-electron chi connectivity index (χ2n) is 11.9. The van der Waals surface area contributed by atoms with Gasteiger partial charge in [-0.2, -0.15) is 0 Å². The first kappa shape index (κ1) is 29.3.